The fourth-order valence-electron chi connectivity index (χ4n) is 1.15. The summed E-state index contributed by atoms with van der Waals surface area (Å²) in [5.74, 6) is 0. The summed E-state index contributed by atoms with van der Waals surface area (Å²) in [5, 5.41) is 12.0. The summed E-state index contributed by atoms with van der Waals surface area (Å²) in [4.78, 5) is 11.2. The zero-order valence-corrected chi connectivity index (χ0v) is 10.5. The number of aliphatic hydroxyl groups excluding tert-OH is 1. The Morgan fingerprint density at radius 2 is 2.19 bits per heavy atom. The van der Waals surface area contributed by atoms with Crippen molar-refractivity contribution in [3.63, 3.8) is 0 Å². The van der Waals surface area contributed by atoms with Gasteiger partial charge in [0.25, 0.3) is 0 Å². The zero-order chi connectivity index (χ0) is 12.6. The minimum Gasteiger partial charge on any atom is -0.444 e. The molecule has 94 valence electrons. The molecule has 0 spiro atoms. The van der Waals surface area contributed by atoms with Gasteiger partial charge in [0, 0.05) is 6.54 Å². The molecule has 4 nitrogen and oxygen atoms in total. The highest BCUT2D eigenvalue weighted by atomic mass is 16.6. The Morgan fingerprint density at radius 1 is 1.56 bits per heavy atom. The van der Waals surface area contributed by atoms with Crippen molar-refractivity contribution in [2.24, 2.45) is 0 Å². The van der Waals surface area contributed by atoms with E-state index in [-0.39, 0.29) is 6.10 Å². The van der Waals surface area contributed by atoms with Crippen LogP contribution in [-0.2, 0) is 4.74 Å². The number of nitrogens with one attached hydrogen (secondary N) is 1. The van der Waals surface area contributed by atoms with E-state index in [4.69, 9.17) is 4.74 Å². The average Bonchev–Trinajstić information content (AvgIpc) is 2.10. The molecule has 0 saturated carbocycles. The highest BCUT2D eigenvalue weighted by Crippen LogP contribution is 2.06. The van der Waals surface area contributed by atoms with Crippen LogP contribution in [-0.4, -0.2) is 29.4 Å². The Morgan fingerprint density at radius 3 is 2.69 bits per heavy atom. The van der Waals surface area contributed by atoms with Crippen LogP contribution in [0.15, 0.2) is 12.7 Å². The Bertz CT molecular complexity index is 221. The fourth-order valence-corrected chi connectivity index (χ4v) is 1.15. The highest BCUT2D eigenvalue weighted by Gasteiger charge is 2.15. The number of rotatable bonds is 6. The maximum absolute atomic E-state index is 11.2. The Balaban J connectivity index is 3.52. The first-order valence-electron chi connectivity index (χ1n) is 5.61. The lowest BCUT2D eigenvalue weighted by Gasteiger charge is -2.19. The number of aliphatic hydroxyl groups is 1. The van der Waals surface area contributed by atoms with Crippen LogP contribution >= 0.6 is 0 Å². The molecule has 0 aliphatic heterocycles. The largest absolute Gasteiger partial charge is 0.444 e. The Kier molecular flexibility index (Phi) is 6.81. The molecule has 0 aromatic carbocycles. The second-order valence-corrected chi connectivity index (χ2v) is 4.75. The molecule has 0 rings (SSSR count). The second kappa shape index (κ2) is 7.28. The molecule has 0 aliphatic rings. The van der Waals surface area contributed by atoms with E-state index >= 15 is 0 Å². The number of hydrogen-bond donors (Lipinski definition) is 2. The fraction of sp³-hybridized carbons (Fsp3) is 0.750. The highest BCUT2D eigenvalue weighted by molar-refractivity contribution is 5.67. The van der Waals surface area contributed by atoms with Crippen LogP contribution in [0.2, 0.25) is 0 Å². The molecule has 0 fully saturated rings. The maximum atomic E-state index is 11.2. The number of hydrogen-bond acceptors (Lipinski definition) is 3. The first-order valence-corrected chi connectivity index (χ1v) is 5.61. The van der Waals surface area contributed by atoms with Crippen molar-refractivity contribution < 1.29 is 14.6 Å². The van der Waals surface area contributed by atoms with E-state index in [1.807, 2.05) is 20.8 Å². The Labute approximate surface area is 97.7 Å². The quantitative estimate of drug-likeness (QED) is 0.542. The normalized spacial score (nSPS) is 13.0. The molecular weight excluding hydrogens is 206 g/mol. The van der Waals surface area contributed by atoms with Crippen molar-refractivity contribution in [1.82, 2.24) is 5.32 Å². The van der Waals surface area contributed by atoms with Gasteiger partial charge in [-0.15, -0.1) is 6.58 Å². The van der Waals surface area contributed by atoms with E-state index in [1.165, 1.54) is 0 Å². The molecule has 2 N–H and O–H groups in total. The molecule has 1 atom stereocenters. The summed E-state index contributed by atoms with van der Waals surface area (Å²) in [6.45, 7) is 9.52. The van der Waals surface area contributed by atoms with Crippen LogP contribution in [0, 0.1) is 0 Å². The van der Waals surface area contributed by atoms with E-state index < -0.39 is 11.7 Å². The van der Waals surface area contributed by atoms with Gasteiger partial charge < -0.3 is 15.2 Å². The third kappa shape index (κ3) is 9.52. The Hall–Kier alpha value is -1.03. The van der Waals surface area contributed by atoms with Gasteiger partial charge >= 0.3 is 6.09 Å². The van der Waals surface area contributed by atoms with Gasteiger partial charge in [0.15, 0.2) is 0 Å². The lowest BCUT2D eigenvalue weighted by atomic mass is 10.1. The van der Waals surface area contributed by atoms with Gasteiger partial charge in [0.05, 0.1) is 6.10 Å². The van der Waals surface area contributed by atoms with Crippen LogP contribution in [0.1, 0.15) is 40.0 Å². The molecule has 0 saturated heterocycles. The number of carbonyl (C=O) groups excluding carboxylic acids is 1. The van der Waals surface area contributed by atoms with Crippen LogP contribution in [0.3, 0.4) is 0 Å². The van der Waals surface area contributed by atoms with Crippen molar-refractivity contribution in [2.75, 3.05) is 6.54 Å². The van der Waals surface area contributed by atoms with Gasteiger partial charge in [-0.3, -0.25) is 0 Å². The van der Waals surface area contributed by atoms with Gasteiger partial charge in [-0.25, -0.2) is 4.79 Å². The SMILES string of the molecule is C=CC[C@@H](O)CCCNC(=O)OC(C)(C)C. The molecule has 1 amide bonds. The molecule has 0 aliphatic carbocycles. The standard InChI is InChI=1S/C12H23NO3/c1-5-7-10(14)8-6-9-13-11(15)16-12(2,3)4/h5,10,14H,1,6-9H2,2-4H3,(H,13,15)/t10-/m1/s1. The molecule has 0 unspecified atom stereocenters. The van der Waals surface area contributed by atoms with Crippen molar-refractivity contribution in [2.45, 2.75) is 51.7 Å². The number of ether oxygens (including phenoxy) is 1. The van der Waals surface area contributed by atoms with Crippen molar-refractivity contribution in [3.05, 3.63) is 12.7 Å². The van der Waals surface area contributed by atoms with Crippen LogP contribution < -0.4 is 5.32 Å². The van der Waals surface area contributed by atoms with Gasteiger partial charge in [0.1, 0.15) is 5.60 Å². The molecule has 4 heteroatoms. The van der Waals surface area contributed by atoms with Gasteiger partial charge in [0.2, 0.25) is 0 Å². The van der Waals surface area contributed by atoms with Gasteiger partial charge in [-0.2, -0.15) is 0 Å². The monoisotopic (exact) mass is 229 g/mol. The first-order chi connectivity index (χ1) is 7.35. The predicted molar refractivity (Wildman–Crippen MR) is 64.3 cm³/mol. The molecule has 0 heterocycles. The topological polar surface area (TPSA) is 58.6 Å². The molecule has 16 heavy (non-hydrogen) atoms. The van der Waals surface area contributed by atoms with Crippen molar-refractivity contribution in [1.29, 1.82) is 0 Å². The summed E-state index contributed by atoms with van der Waals surface area (Å²) < 4.78 is 5.06. The molecular formula is C12H23NO3. The van der Waals surface area contributed by atoms with E-state index in [9.17, 15) is 9.90 Å². The second-order valence-electron chi connectivity index (χ2n) is 4.75. The minimum absolute atomic E-state index is 0.363. The number of carbonyl (C=O) groups is 1. The summed E-state index contributed by atoms with van der Waals surface area (Å²) in [5.41, 5.74) is -0.466. The average molecular weight is 229 g/mol. The third-order valence-corrected chi connectivity index (χ3v) is 1.82. The smallest absolute Gasteiger partial charge is 0.407 e. The first kappa shape index (κ1) is 15.0. The van der Waals surface area contributed by atoms with E-state index in [2.05, 4.69) is 11.9 Å². The summed E-state index contributed by atoms with van der Waals surface area (Å²) in [6, 6.07) is 0. The third-order valence-electron chi connectivity index (χ3n) is 1.82. The van der Waals surface area contributed by atoms with Crippen LogP contribution in [0.5, 0.6) is 0 Å². The molecule has 0 bridgehead atoms. The molecule has 0 radical (unpaired) electrons. The van der Waals surface area contributed by atoms with Gasteiger partial charge in [-0.1, -0.05) is 6.08 Å². The van der Waals surface area contributed by atoms with E-state index in [1.54, 1.807) is 6.08 Å². The molecule has 0 aromatic heterocycles. The lowest BCUT2D eigenvalue weighted by molar-refractivity contribution is 0.0523. The van der Waals surface area contributed by atoms with E-state index in [0.717, 1.165) is 6.42 Å². The molecule has 0 aromatic rings. The predicted octanol–water partition coefficient (Wildman–Crippen LogP) is 2.23. The van der Waals surface area contributed by atoms with E-state index in [0.29, 0.717) is 19.4 Å². The maximum Gasteiger partial charge on any atom is 0.407 e. The van der Waals surface area contributed by atoms with Crippen molar-refractivity contribution in [3.8, 4) is 0 Å². The minimum atomic E-state index is -0.466. The number of alkyl carbamates (subject to hydrolysis) is 1. The summed E-state index contributed by atoms with van der Waals surface area (Å²) >= 11 is 0. The van der Waals surface area contributed by atoms with Crippen molar-refractivity contribution >= 4 is 6.09 Å². The van der Waals surface area contributed by atoms with Gasteiger partial charge in [-0.05, 0) is 40.0 Å². The summed E-state index contributed by atoms with van der Waals surface area (Å²) in [7, 11) is 0. The lowest BCUT2D eigenvalue weighted by Crippen LogP contribution is -2.33. The van der Waals surface area contributed by atoms with Crippen LogP contribution in [0.25, 0.3) is 0 Å². The number of amides is 1. The summed E-state index contributed by atoms with van der Waals surface area (Å²) in [6.07, 6.45) is 2.89. The van der Waals surface area contributed by atoms with Crippen LogP contribution in [0.4, 0.5) is 4.79 Å². The zero-order valence-electron chi connectivity index (χ0n) is 10.5.